The van der Waals surface area contributed by atoms with Crippen LogP contribution in [0.5, 0.6) is 0 Å². The Hall–Kier alpha value is -3.42. The maximum absolute atomic E-state index is 9.00. The number of carboxylic acid groups (broad SMARTS) is 7. The fourth-order valence-corrected chi connectivity index (χ4v) is 0. The Morgan fingerprint density at radius 1 is 0.310 bits per heavy atom. The van der Waals surface area contributed by atoms with Crippen LogP contribution >= 0.6 is 12.4 Å². The van der Waals surface area contributed by atoms with Gasteiger partial charge in [-0.25, -0.2) is 0 Å². The summed E-state index contributed by atoms with van der Waals surface area (Å²) in [6, 6.07) is 0. The van der Waals surface area contributed by atoms with Gasteiger partial charge in [-0.3, -0.25) is 33.6 Å². The highest BCUT2D eigenvalue weighted by atomic mass is 35.5. The van der Waals surface area contributed by atoms with E-state index in [9.17, 15) is 0 Å². The lowest BCUT2D eigenvalue weighted by atomic mass is 10.9. The summed E-state index contributed by atoms with van der Waals surface area (Å²) in [7, 11) is 0. The molecule has 0 aliphatic rings. The van der Waals surface area contributed by atoms with Gasteiger partial charge in [-0.2, -0.15) is 0 Å². The fourth-order valence-electron chi connectivity index (χ4n) is 0. The van der Waals surface area contributed by atoms with Gasteiger partial charge in [-0.1, -0.05) is 0 Å². The van der Waals surface area contributed by atoms with Crippen LogP contribution in [0.25, 0.3) is 0 Å². The average molecular weight is 457 g/mol. The molecule has 0 aliphatic heterocycles. The molecule has 0 aliphatic carbocycles. The van der Waals surface area contributed by atoms with Gasteiger partial charge in [0.25, 0.3) is 41.8 Å². The molecular weight excluding hydrogens is 428 g/mol. The summed E-state index contributed by atoms with van der Waals surface area (Å²) in [5.41, 5.74) is 0. The van der Waals surface area contributed by atoms with Crippen molar-refractivity contribution < 1.29 is 69.3 Å². The Kier molecular flexibility index (Phi) is 76.3. The highest BCUT2D eigenvalue weighted by Gasteiger charge is 1.67. The molecule has 0 aromatic heterocycles. The second kappa shape index (κ2) is 44.2. The van der Waals surface area contributed by atoms with Gasteiger partial charge < -0.3 is 35.7 Å². The summed E-state index contributed by atoms with van der Waals surface area (Å²) in [5, 5.41) is 51.9. The zero-order valence-corrected chi connectivity index (χ0v) is 17.7. The predicted octanol–water partition coefficient (Wildman–Crippen LogP) is 1.06. The van der Waals surface area contributed by atoms with Crippen molar-refractivity contribution in [3.05, 3.63) is 0 Å². The Labute approximate surface area is 172 Å². The number of carboxylic acids is 7. The standard InChI is InChI=1S/7C2H4O2.ClH/c7*1-2(3)4;/h7*1H3,(H,3,4);1H. The van der Waals surface area contributed by atoms with Gasteiger partial charge in [-0.15, -0.1) is 12.4 Å². The number of carbonyl (C=O) groups is 7. The quantitative estimate of drug-likeness (QED) is 0.268. The van der Waals surface area contributed by atoms with Gasteiger partial charge in [0.2, 0.25) is 0 Å². The van der Waals surface area contributed by atoms with Crippen LogP contribution in [-0.2, 0) is 33.6 Å². The van der Waals surface area contributed by atoms with Gasteiger partial charge >= 0.3 is 0 Å². The molecule has 14 nitrogen and oxygen atoms in total. The summed E-state index contributed by atoms with van der Waals surface area (Å²) in [5.74, 6) is -5.83. The fraction of sp³-hybridized carbons (Fsp3) is 0.500. The van der Waals surface area contributed by atoms with E-state index in [0.717, 1.165) is 48.5 Å². The molecule has 0 rings (SSSR count). The Morgan fingerprint density at radius 2 is 0.310 bits per heavy atom. The lowest BCUT2D eigenvalue weighted by Gasteiger charge is -1.59. The minimum Gasteiger partial charge on any atom is -0.481 e. The van der Waals surface area contributed by atoms with E-state index in [0.29, 0.717) is 0 Å². The van der Waals surface area contributed by atoms with Crippen molar-refractivity contribution >= 4 is 54.2 Å². The van der Waals surface area contributed by atoms with Gasteiger partial charge in [0.1, 0.15) is 0 Å². The lowest BCUT2D eigenvalue weighted by Crippen LogP contribution is -1.78. The topological polar surface area (TPSA) is 261 Å². The summed E-state index contributed by atoms with van der Waals surface area (Å²) in [6.45, 7) is 7.58. The van der Waals surface area contributed by atoms with Gasteiger partial charge in [0.05, 0.1) is 0 Å². The molecule has 0 fully saturated rings. The highest BCUT2D eigenvalue weighted by molar-refractivity contribution is 5.85. The second-order valence-electron chi connectivity index (χ2n) is 3.63. The van der Waals surface area contributed by atoms with E-state index < -0.39 is 41.8 Å². The minimum atomic E-state index is -0.833. The third kappa shape index (κ3) is 1070. The molecule has 15 heteroatoms. The maximum atomic E-state index is 9.00. The second-order valence-corrected chi connectivity index (χ2v) is 3.63. The SMILES string of the molecule is CC(=O)O.CC(=O)O.CC(=O)O.CC(=O)O.CC(=O)O.CC(=O)O.CC(=O)O.Cl. The Morgan fingerprint density at radius 3 is 0.310 bits per heavy atom. The van der Waals surface area contributed by atoms with Crippen molar-refractivity contribution in [1.82, 2.24) is 0 Å². The molecule has 29 heavy (non-hydrogen) atoms. The largest absolute Gasteiger partial charge is 0.481 e. The van der Waals surface area contributed by atoms with Crippen molar-refractivity contribution in [2.45, 2.75) is 48.5 Å². The average Bonchev–Trinajstić information content (AvgIpc) is 2.20. The first-order valence-corrected chi connectivity index (χ1v) is 6.49. The van der Waals surface area contributed by atoms with Crippen molar-refractivity contribution in [3.8, 4) is 0 Å². The Balaban J connectivity index is -0.0000000294. The number of rotatable bonds is 0. The molecule has 0 saturated carbocycles. The first-order chi connectivity index (χ1) is 12.1. The van der Waals surface area contributed by atoms with E-state index in [1.807, 2.05) is 0 Å². The summed E-state index contributed by atoms with van der Waals surface area (Å²) in [6.07, 6.45) is 0. The van der Waals surface area contributed by atoms with Crippen molar-refractivity contribution in [2.75, 3.05) is 0 Å². The minimum absolute atomic E-state index is 0. The maximum Gasteiger partial charge on any atom is 0.300 e. The van der Waals surface area contributed by atoms with E-state index >= 15 is 0 Å². The summed E-state index contributed by atoms with van der Waals surface area (Å²) < 4.78 is 0. The van der Waals surface area contributed by atoms with Gasteiger partial charge in [-0.05, 0) is 0 Å². The normalized spacial score (nSPS) is 6.03. The number of halogens is 1. The predicted molar refractivity (Wildman–Crippen MR) is 100 cm³/mol. The van der Waals surface area contributed by atoms with E-state index in [2.05, 4.69) is 0 Å². The van der Waals surface area contributed by atoms with Crippen LogP contribution in [0, 0.1) is 0 Å². The molecule has 0 amide bonds. The molecular formula is C14H29ClO14. The van der Waals surface area contributed by atoms with Gasteiger partial charge in [0.15, 0.2) is 0 Å². The van der Waals surface area contributed by atoms with E-state index in [1.54, 1.807) is 0 Å². The molecule has 0 spiro atoms. The first-order valence-electron chi connectivity index (χ1n) is 6.49. The Bertz CT molecular complexity index is 313. The molecule has 0 unspecified atom stereocenters. The third-order valence-corrected chi connectivity index (χ3v) is 0. The molecule has 0 aromatic rings. The number of aliphatic carboxylic acids is 7. The highest BCUT2D eigenvalue weighted by Crippen LogP contribution is 1.44. The van der Waals surface area contributed by atoms with Crippen LogP contribution in [-0.4, -0.2) is 77.5 Å². The van der Waals surface area contributed by atoms with E-state index in [1.165, 1.54) is 0 Å². The molecule has 0 radical (unpaired) electrons. The lowest BCUT2D eigenvalue weighted by molar-refractivity contribution is -0.135. The van der Waals surface area contributed by atoms with Crippen molar-refractivity contribution in [2.24, 2.45) is 0 Å². The first kappa shape index (κ1) is 50.0. The number of hydrogen-bond donors (Lipinski definition) is 7. The summed E-state index contributed by atoms with van der Waals surface area (Å²) >= 11 is 0. The zero-order chi connectivity index (χ0) is 25.0. The summed E-state index contributed by atoms with van der Waals surface area (Å²) in [4.78, 5) is 63.0. The molecule has 176 valence electrons. The molecule has 0 bridgehead atoms. The van der Waals surface area contributed by atoms with Crippen LogP contribution in [0.1, 0.15) is 48.5 Å². The molecule has 0 atom stereocenters. The van der Waals surface area contributed by atoms with Crippen LogP contribution in [0.3, 0.4) is 0 Å². The van der Waals surface area contributed by atoms with Crippen molar-refractivity contribution in [3.63, 3.8) is 0 Å². The van der Waals surface area contributed by atoms with Crippen molar-refractivity contribution in [1.29, 1.82) is 0 Å². The molecule has 0 saturated heterocycles. The van der Waals surface area contributed by atoms with E-state index in [4.69, 9.17) is 69.3 Å². The van der Waals surface area contributed by atoms with Gasteiger partial charge in [0, 0.05) is 48.5 Å². The van der Waals surface area contributed by atoms with Crippen LogP contribution in [0.4, 0.5) is 0 Å². The third-order valence-electron chi connectivity index (χ3n) is 0. The monoisotopic (exact) mass is 456 g/mol. The van der Waals surface area contributed by atoms with Crippen LogP contribution in [0.15, 0.2) is 0 Å². The van der Waals surface area contributed by atoms with Crippen LogP contribution < -0.4 is 0 Å². The molecule has 0 aromatic carbocycles. The number of hydrogen-bond acceptors (Lipinski definition) is 7. The smallest absolute Gasteiger partial charge is 0.300 e. The zero-order valence-electron chi connectivity index (χ0n) is 16.9. The van der Waals surface area contributed by atoms with Crippen LogP contribution in [0.2, 0.25) is 0 Å². The molecule has 7 N–H and O–H groups in total. The van der Waals surface area contributed by atoms with E-state index in [-0.39, 0.29) is 12.4 Å². The molecule has 0 heterocycles.